The summed E-state index contributed by atoms with van der Waals surface area (Å²) in [6.45, 7) is -0.206. The molecule has 9 heteroatoms. The monoisotopic (exact) mass is 387 g/mol. The standard InChI is InChI=1S/C17H23NO3.H3O4P/c1-18-13-7-8-14(18)10-15(9-13)21-17(20)16(11-19)12-5-3-2-4-6-12;1-5(2,3)4/h2-6,13-16,19H,7-11H2,1H3;(H3,1,2,3,4)/t13-,14+,15+,16?;. The van der Waals surface area contributed by atoms with Gasteiger partial charge in [-0.2, -0.15) is 0 Å². The summed E-state index contributed by atoms with van der Waals surface area (Å²) in [5.74, 6) is -0.860. The van der Waals surface area contributed by atoms with Crippen LogP contribution in [-0.4, -0.2) is 62.5 Å². The maximum atomic E-state index is 12.4. The van der Waals surface area contributed by atoms with Crippen molar-refractivity contribution in [1.29, 1.82) is 0 Å². The molecule has 4 N–H and O–H groups in total. The molecule has 0 aliphatic carbocycles. The normalized spacial score (nSPS) is 26.6. The minimum atomic E-state index is -4.64. The smallest absolute Gasteiger partial charge is 0.462 e. The van der Waals surface area contributed by atoms with Gasteiger partial charge in [0.15, 0.2) is 0 Å². The molecule has 146 valence electrons. The van der Waals surface area contributed by atoms with Crippen molar-refractivity contribution in [3.8, 4) is 0 Å². The molecule has 3 rings (SSSR count). The van der Waals surface area contributed by atoms with Crippen LogP contribution in [-0.2, 0) is 14.1 Å². The average Bonchev–Trinajstić information content (AvgIpc) is 2.77. The lowest BCUT2D eigenvalue weighted by molar-refractivity contribution is -0.155. The summed E-state index contributed by atoms with van der Waals surface area (Å²) >= 11 is 0. The summed E-state index contributed by atoms with van der Waals surface area (Å²) in [6, 6.07) is 10.5. The molecule has 2 aliphatic rings. The Balaban J connectivity index is 0.000000431. The van der Waals surface area contributed by atoms with E-state index in [9.17, 15) is 9.90 Å². The van der Waals surface area contributed by atoms with Gasteiger partial charge in [0.2, 0.25) is 0 Å². The number of nitrogens with zero attached hydrogens (tertiary/aromatic N) is 1. The Labute approximate surface area is 152 Å². The molecular formula is C17H26NO7P. The molecule has 2 heterocycles. The van der Waals surface area contributed by atoms with Gasteiger partial charge < -0.3 is 29.4 Å². The number of fused-ring (bicyclic) bond motifs is 2. The molecule has 2 aliphatic heterocycles. The fraction of sp³-hybridized carbons (Fsp3) is 0.588. The number of carbonyl (C=O) groups excluding carboxylic acids is 1. The van der Waals surface area contributed by atoms with Crippen molar-refractivity contribution in [3.05, 3.63) is 35.9 Å². The first-order chi connectivity index (χ1) is 12.2. The second kappa shape index (κ2) is 9.08. The fourth-order valence-electron chi connectivity index (χ4n) is 3.71. The van der Waals surface area contributed by atoms with Crippen LogP contribution in [0.4, 0.5) is 0 Å². The molecule has 0 aromatic heterocycles. The number of phosphoric acid groups is 1. The predicted molar refractivity (Wildman–Crippen MR) is 94.2 cm³/mol. The Bertz CT molecular complexity index is 613. The molecule has 1 aromatic carbocycles. The molecule has 2 saturated heterocycles. The van der Waals surface area contributed by atoms with E-state index in [0.29, 0.717) is 12.1 Å². The lowest BCUT2D eigenvalue weighted by atomic mass is 9.98. The molecule has 8 nitrogen and oxygen atoms in total. The van der Waals surface area contributed by atoms with Crippen LogP contribution < -0.4 is 0 Å². The second-order valence-corrected chi connectivity index (χ2v) is 7.77. The molecule has 4 atom stereocenters. The molecular weight excluding hydrogens is 361 g/mol. The third-order valence-corrected chi connectivity index (χ3v) is 5.01. The molecule has 0 amide bonds. The van der Waals surface area contributed by atoms with E-state index in [2.05, 4.69) is 11.9 Å². The SMILES string of the molecule is CN1[C@@H]2CC[C@H]1C[C@@H](OC(=O)C(CO)c1ccccc1)C2.O=P(O)(O)O. The second-order valence-electron chi connectivity index (χ2n) is 6.74. The van der Waals surface area contributed by atoms with Crippen LogP contribution in [0.25, 0.3) is 0 Å². The van der Waals surface area contributed by atoms with E-state index in [-0.39, 0.29) is 18.7 Å². The quantitative estimate of drug-likeness (QED) is 0.445. The Hall–Kier alpha value is -1.28. The summed E-state index contributed by atoms with van der Waals surface area (Å²) in [5, 5.41) is 9.53. The van der Waals surface area contributed by atoms with Gasteiger partial charge in [-0.05, 0) is 38.3 Å². The minimum Gasteiger partial charge on any atom is -0.462 e. The van der Waals surface area contributed by atoms with Crippen LogP contribution in [0.2, 0.25) is 0 Å². The zero-order valence-corrected chi connectivity index (χ0v) is 15.5. The van der Waals surface area contributed by atoms with Crippen LogP contribution in [0.15, 0.2) is 30.3 Å². The maximum Gasteiger partial charge on any atom is 0.466 e. The van der Waals surface area contributed by atoms with Gasteiger partial charge in [-0.15, -0.1) is 0 Å². The Morgan fingerprint density at radius 2 is 1.69 bits per heavy atom. The average molecular weight is 387 g/mol. The van der Waals surface area contributed by atoms with Crippen molar-refractivity contribution in [1.82, 2.24) is 4.90 Å². The van der Waals surface area contributed by atoms with Crippen molar-refractivity contribution >= 4 is 13.8 Å². The highest BCUT2D eigenvalue weighted by Crippen LogP contribution is 2.36. The number of benzene rings is 1. The summed E-state index contributed by atoms with van der Waals surface area (Å²) in [6.07, 6.45) is 4.26. The Morgan fingerprint density at radius 1 is 1.19 bits per heavy atom. The van der Waals surface area contributed by atoms with Gasteiger partial charge in [-0.3, -0.25) is 4.79 Å². The summed E-state index contributed by atoms with van der Waals surface area (Å²) in [5.41, 5.74) is 0.820. The molecule has 1 unspecified atom stereocenters. The molecule has 1 aromatic rings. The van der Waals surface area contributed by atoms with Gasteiger partial charge in [0.25, 0.3) is 0 Å². The first-order valence-electron chi connectivity index (χ1n) is 8.55. The molecule has 26 heavy (non-hydrogen) atoms. The molecule has 2 bridgehead atoms. The van der Waals surface area contributed by atoms with Gasteiger partial charge >= 0.3 is 13.8 Å². The van der Waals surface area contributed by atoms with Gasteiger partial charge in [0.05, 0.1) is 6.61 Å². The van der Waals surface area contributed by atoms with Crippen LogP contribution in [0.5, 0.6) is 0 Å². The maximum absolute atomic E-state index is 12.4. The summed E-state index contributed by atoms with van der Waals surface area (Å²) in [4.78, 5) is 36.3. The van der Waals surface area contributed by atoms with Gasteiger partial charge in [0, 0.05) is 12.1 Å². The highest BCUT2D eigenvalue weighted by molar-refractivity contribution is 7.45. The highest BCUT2D eigenvalue weighted by atomic mass is 31.2. The Morgan fingerprint density at radius 3 is 2.15 bits per heavy atom. The summed E-state index contributed by atoms with van der Waals surface area (Å²) in [7, 11) is -2.47. The van der Waals surface area contributed by atoms with Crippen LogP contribution in [0.3, 0.4) is 0 Å². The van der Waals surface area contributed by atoms with E-state index >= 15 is 0 Å². The van der Waals surface area contributed by atoms with Gasteiger partial charge in [-0.25, -0.2) is 4.57 Å². The number of carbonyl (C=O) groups is 1. The molecule has 0 spiro atoms. The fourth-order valence-corrected chi connectivity index (χ4v) is 3.71. The van der Waals surface area contributed by atoms with Gasteiger partial charge in [-0.1, -0.05) is 30.3 Å². The van der Waals surface area contributed by atoms with Crippen molar-refractivity contribution in [2.75, 3.05) is 13.7 Å². The number of ether oxygens (including phenoxy) is 1. The van der Waals surface area contributed by atoms with E-state index < -0.39 is 13.7 Å². The number of aliphatic hydroxyl groups is 1. The number of hydrogen-bond donors (Lipinski definition) is 4. The zero-order valence-electron chi connectivity index (χ0n) is 14.6. The van der Waals surface area contributed by atoms with Crippen LogP contribution in [0, 0.1) is 0 Å². The first-order valence-corrected chi connectivity index (χ1v) is 10.1. The Kier molecular flexibility index (Phi) is 7.34. The third-order valence-electron chi connectivity index (χ3n) is 5.01. The largest absolute Gasteiger partial charge is 0.466 e. The highest BCUT2D eigenvalue weighted by Gasteiger charge is 2.40. The molecule has 2 fully saturated rings. The number of piperidine rings is 1. The van der Waals surface area contributed by atoms with Crippen molar-refractivity contribution in [2.24, 2.45) is 0 Å². The number of hydrogen-bond acceptors (Lipinski definition) is 5. The van der Waals surface area contributed by atoms with Crippen LogP contribution >= 0.6 is 7.82 Å². The van der Waals surface area contributed by atoms with Gasteiger partial charge in [0.1, 0.15) is 12.0 Å². The van der Waals surface area contributed by atoms with Crippen molar-refractivity contribution in [3.63, 3.8) is 0 Å². The topological polar surface area (TPSA) is 128 Å². The minimum absolute atomic E-state index is 0.00367. The molecule has 0 saturated carbocycles. The molecule has 0 radical (unpaired) electrons. The van der Waals surface area contributed by atoms with E-state index in [1.54, 1.807) is 0 Å². The van der Waals surface area contributed by atoms with Crippen molar-refractivity contribution < 1.29 is 33.9 Å². The van der Waals surface area contributed by atoms with Crippen LogP contribution in [0.1, 0.15) is 37.2 Å². The lowest BCUT2D eigenvalue weighted by Gasteiger charge is -2.36. The summed E-state index contributed by atoms with van der Waals surface area (Å²) < 4.78 is 14.6. The lowest BCUT2D eigenvalue weighted by Crippen LogP contribution is -2.43. The van der Waals surface area contributed by atoms with E-state index in [1.165, 1.54) is 12.8 Å². The van der Waals surface area contributed by atoms with Crippen molar-refractivity contribution in [2.45, 2.75) is 49.8 Å². The number of rotatable bonds is 4. The zero-order chi connectivity index (χ0) is 19.3. The predicted octanol–water partition coefficient (Wildman–Crippen LogP) is 1.00. The third kappa shape index (κ3) is 6.16. The van der Waals surface area contributed by atoms with E-state index in [1.807, 2.05) is 30.3 Å². The first kappa shape index (κ1) is 21.0. The van der Waals surface area contributed by atoms with E-state index in [0.717, 1.165) is 18.4 Å². The number of aliphatic hydroxyl groups excluding tert-OH is 1. The van der Waals surface area contributed by atoms with E-state index in [4.69, 9.17) is 24.0 Å². The number of esters is 1.